The smallest absolute Gasteiger partial charge is 0.266 e. The highest BCUT2D eigenvalue weighted by molar-refractivity contribution is 5.80. The van der Waals surface area contributed by atoms with Crippen LogP contribution in [0, 0.1) is 13.8 Å². The standard InChI is InChI=1S/C17H18N4O3/c1-9-11(10(2)21-15(18-9)8-17(23)20-21)7-16(22)19-13-6-12(13)14-4-3-5-24-14/h3-5,8,12-13H,6-7H2,1-2H3,(H,19,22)(H,20,23)/t12-,13-/m1/s1. The minimum Gasteiger partial charge on any atom is -0.469 e. The second kappa shape index (κ2) is 5.36. The van der Waals surface area contributed by atoms with Crippen molar-refractivity contribution in [3.8, 4) is 0 Å². The number of H-pyrrole nitrogens is 1. The lowest BCUT2D eigenvalue weighted by atomic mass is 10.1. The molecule has 7 heteroatoms. The predicted molar refractivity (Wildman–Crippen MR) is 87.0 cm³/mol. The number of amides is 1. The van der Waals surface area contributed by atoms with Gasteiger partial charge in [0.15, 0.2) is 5.65 Å². The molecule has 1 amide bonds. The molecular weight excluding hydrogens is 308 g/mol. The number of hydrogen-bond acceptors (Lipinski definition) is 4. The summed E-state index contributed by atoms with van der Waals surface area (Å²) in [5, 5.41) is 5.74. The zero-order valence-corrected chi connectivity index (χ0v) is 13.5. The van der Waals surface area contributed by atoms with Crippen LogP contribution in [0.3, 0.4) is 0 Å². The summed E-state index contributed by atoms with van der Waals surface area (Å²) < 4.78 is 7.00. The van der Waals surface area contributed by atoms with E-state index in [9.17, 15) is 9.59 Å². The predicted octanol–water partition coefficient (Wildman–Crippen LogP) is 1.45. The van der Waals surface area contributed by atoms with Crippen molar-refractivity contribution in [2.24, 2.45) is 0 Å². The number of carbonyl (C=O) groups excluding carboxylic acids is 1. The first-order chi connectivity index (χ1) is 11.5. The van der Waals surface area contributed by atoms with Gasteiger partial charge in [-0.25, -0.2) is 9.50 Å². The molecule has 124 valence electrons. The van der Waals surface area contributed by atoms with Crippen molar-refractivity contribution in [2.75, 3.05) is 0 Å². The molecule has 0 saturated heterocycles. The molecule has 1 aliphatic carbocycles. The van der Waals surface area contributed by atoms with Crippen LogP contribution >= 0.6 is 0 Å². The first-order valence-electron chi connectivity index (χ1n) is 7.93. The fraction of sp³-hybridized carbons (Fsp3) is 0.353. The molecule has 0 radical (unpaired) electrons. The van der Waals surface area contributed by atoms with Gasteiger partial charge in [0.1, 0.15) is 5.76 Å². The largest absolute Gasteiger partial charge is 0.469 e. The summed E-state index contributed by atoms with van der Waals surface area (Å²) >= 11 is 0. The summed E-state index contributed by atoms with van der Waals surface area (Å²) in [5.41, 5.74) is 2.79. The average Bonchev–Trinajstić information content (AvgIpc) is 2.95. The third kappa shape index (κ3) is 2.51. The van der Waals surface area contributed by atoms with E-state index >= 15 is 0 Å². The number of aromatic nitrogens is 3. The van der Waals surface area contributed by atoms with Gasteiger partial charge in [0.2, 0.25) is 5.91 Å². The molecule has 3 aromatic rings. The number of fused-ring (bicyclic) bond motifs is 1. The molecule has 2 atom stereocenters. The van der Waals surface area contributed by atoms with Crippen molar-refractivity contribution in [1.29, 1.82) is 0 Å². The van der Waals surface area contributed by atoms with Gasteiger partial charge in [-0.1, -0.05) is 0 Å². The molecule has 7 nitrogen and oxygen atoms in total. The van der Waals surface area contributed by atoms with E-state index in [2.05, 4.69) is 15.4 Å². The molecule has 3 heterocycles. The summed E-state index contributed by atoms with van der Waals surface area (Å²) in [6.07, 6.45) is 2.79. The molecule has 1 fully saturated rings. The van der Waals surface area contributed by atoms with Crippen molar-refractivity contribution in [3.05, 3.63) is 57.5 Å². The van der Waals surface area contributed by atoms with Gasteiger partial charge in [-0.3, -0.25) is 14.7 Å². The maximum atomic E-state index is 12.4. The topological polar surface area (TPSA) is 92.4 Å². The maximum absolute atomic E-state index is 12.4. The number of carbonyl (C=O) groups is 1. The highest BCUT2D eigenvalue weighted by Gasteiger charge is 2.41. The number of nitrogens with one attached hydrogen (secondary N) is 2. The van der Waals surface area contributed by atoms with Crippen molar-refractivity contribution >= 4 is 11.6 Å². The van der Waals surface area contributed by atoms with Crippen LogP contribution < -0.4 is 10.9 Å². The van der Waals surface area contributed by atoms with Gasteiger partial charge in [-0.15, -0.1) is 0 Å². The van der Waals surface area contributed by atoms with Crippen molar-refractivity contribution in [2.45, 2.75) is 38.6 Å². The zero-order valence-electron chi connectivity index (χ0n) is 13.5. The molecule has 1 saturated carbocycles. The lowest BCUT2D eigenvalue weighted by Crippen LogP contribution is -2.29. The van der Waals surface area contributed by atoms with Crippen molar-refractivity contribution in [1.82, 2.24) is 19.9 Å². The lowest BCUT2D eigenvalue weighted by Gasteiger charge is -2.11. The number of hydrogen-bond donors (Lipinski definition) is 2. The first kappa shape index (κ1) is 14.7. The maximum Gasteiger partial charge on any atom is 0.266 e. The van der Waals surface area contributed by atoms with E-state index in [0.29, 0.717) is 5.65 Å². The molecule has 1 aliphatic rings. The normalized spacial score (nSPS) is 19.6. The van der Waals surface area contributed by atoms with Crippen LogP contribution in [-0.2, 0) is 11.2 Å². The van der Waals surface area contributed by atoms with Gasteiger partial charge in [0.25, 0.3) is 5.56 Å². The Morgan fingerprint density at radius 1 is 1.50 bits per heavy atom. The Kier molecular flexibility index (Phi) is 3.30. The van der Waals surface area contributed by atoms with Gasteiger partial charge in [0.05, 0.1) is 12.7 Å². The van der Waals surface area contributed by atoms with E-state index in [1.165, 1.54) is 6.07 Å². The Morgan fingerprint density at radius 3 is 3.08 bits per heavy atom. The van der Waals surface area contributed by atoms with Gasteiger partial charge in [-0.2, -0.15) is 0 Å². The lowest BCUT2D eigenvalue weighted by molar-refractivity contribution is -0.120. The van der Waals surface area contributed by atoms with Crippen LogP contribution in [-0.4, -0.2) is 26.5 Å². The average molecular weight is 326 g/mol. The highest BCUT2D eigenvalue weighted by Crippen LogP contribution is 2.40. The number of rotatable bonds is 4. The Bertz CT molecular complexity index is 968. The Morgan fingerprint density at radius 2 is 2.33 bits per heavy atom. The monoisotopic (exact) mass is 326 g/mol. The second-order valence-corrected chi connectivity index (χ2v) is 6.28. The molecule has 0 aromatic carbocycles. The summed E-state index contributed by atoms with van der Waals surface area (Å²) in [5.74, 6) is 1.14. The second-order valence-electron chi connectivity index (χ2n) is 6.28. The number of aryl methyl sites for hydroxylation is 2. The minimum absolute atomic E-state index is 0.0455. The molecule has 0 aliphatic heterocycles. The van der Waals surface area contributed by atoms with Crippen LogP contribution in [0.4, 0.5) is 0 Å². The molecule has 3 aromatic heterocycles. The molecular formula is C17H18N4O3. The fourth-order valence-electron chi connectivity index (χ4n) is 3.20. The van der Waals surface area contributed by atoms with Crippen molar-refractivity contribution < 1.29 is 9.21 Å². The summed E-state index contributed by atoms with van der Waals surface area (Å²) in [7, 11) is 0. The van der Waals surface area contributed by atoms with Gasteiger partial charge in [0, 0.05) is 35.0 Å². The van der Waals surface area contributed by atoms with E-state index in [-0.39, 0.29) is 29.8 Å². The minimum atomic E-state index is -0.203. The number of aromatic amines is 1. The summed E-state index contributed by atoms with van der Waals surface area (Å²) in [4.78, 5) is 28.3. The quantitative estimate of drug-likeness (QED) is 0.759. The van der Waals surface area contributed by atoms with Crippen LogP contribution in [0.15, 0.2) is 33.7 Å². The third-order valence-corrected chi connectivity index (χ3v) is 4.59. The molecule has 0 spiro atoms. The van der Waals surface area contributed by atoms with E-state index in [1.807, 2.05) is 26.0 Å². The number of furan rings is 1. The fourth-order valence-corrected chi connectivity index (χ4v) is 3.20. The third-order valence-electron chi connectivity index (χ3n) is 4.59. The van der Waals surface area contributed by atoms with Gasteiger partial charge in [-0.05, 0) is 32.4 Å². The van der Waals surface area contributed by atoms with Crippen LogP contribution in [0.2, 0.25) is 0 Å². The van der Waals surface area contributed by atoms with E-state index in [0.717, 1.165) is 29.1 Å². The zero-order chi connectivity index (χ0) is 16.8. The van der Waals surface area contributed by atoms with Crippen LogP contribution in [0.5, 0.6) is 0 Å². The Labute approximate surface area is 137 Å². The Hall–Kier alpha value is -2.83. The van der Waals surface area contributed by atoms with E-state index in [1.54, 1.807) is 10.8 Å². The van der Waals surface area contributed by atoms with Gasteiger partial charge < -0.3 is 9.73 Å². The Balaban J connectivity index is 1.50. The molecule has 4 rings (SSSR count). The summed E-state index contributed by atoms with van der Waals surface area (Å²) in [6, 6.07) is 5.37. The SMILES string of the molecule is Cc1nc2cc(=O)[nH]n2c(C)c1CC(=O)N[C@@H]1C[C@H]1c1ccco1. The molecule has 0 unspecified atom stereocenters. The van der Waals surface area contributed by atoms with Crippen LogP contribution in [0.1, 0.15) is 35.1 Å². The van der Waals surface area contributed by atoms with Crippen LogP contribution in [0.25, 0.3) is 5.65 Å². The van der Waals surface area contributed by atoms with Crippen molar-refractivity contribution in [3.63, 3.8) is 0 Å². The van der Waals surface area contributed by atoms with E-state index < -0.39 is 0 Å². The van der Waals surface area contributed by atoms with Gasteiger partial charge >= 0.3 is 0 Å². The molecule has 24 heavy (non-hydrogen) atoms. The number of nitrogens with zero attached hydrogens (tertiary/aromatic N) is 2. The summed E-state index contributed by atoms with van der Waals surface area (Å²) in [6.45, 7) is 3.73. The highest BCUT2D eigenvalue weighted by atomic mass is 16.3. The molecule has 0 bridgehead atoms. The first-order valence-corrected chi connectivity index (χ1v) is 7.93. The molecule has 2 N–H and O–H groups in total. The van der Waals surface area contributed by atoms with E-state index in [4.69, 9.17) is 4.42 Å².